The molecule has 0 aliphatic rings. The molecule has 0 saturated heterocycles. The van der Waals surface area contributed by atoms with Crippen LogP contribution in [0.5, 0.6) is 0 Å². The van der Waals surface area contributed by atoms with Crippen LogP contribution >= 0.6 is 11.6 Å². The molecule has 0 atom stereocenters. The topological polar surface area (TPSA) is 67.2 Å². The number of benzene rings is 3. The van der Waals surface area contributed by atoms with E-state index >= 15 is 0 Å². The number of ketones is 1. The van der Waals surface area contributed by atoms with E-state index in [0.29, 0.717) is 28.4 Å². The molecule has 0 saturated carbocycles. The van der Waals surface area contributed by atoms with E-state index in [1.165, 1.54) is 0 Å². The van der Waals surface area contributed by atoms with E-state index in [1.54, 1.807) is 42.5 Å². The summed E-state index contributed by atoms with van der Waals surface area (Å²) in [6.07, 6.45) is 0. The molecule has 32 heavy (non-hydrogen) atoms. The predicted octanol–water partition coefficient (Wildman–Crippen LogP) is 4.62. The highest BCUT2D eigenvalue weighted by Gasteiger charge is 2.18. The Morgan fingerprint density at radius 1 is 1.00 bits per heavy atom. The van der Waals surface area contributed by atoms with Crippen molar-refractivity contribution in [1.29, 1.82) is 0 Å². The average Bonchev–Trinajstić information content (AvgIpc) is 3.11. The number of fused-ring (bicyclic) bond motifs is 1. The number of aromatic nitrogens is 2. The molecule has 0 radical (unpaired) electrons. The second-order valence-electron chi connectivity index (χ2n) is 7.77. The summed E-state index contributed by atoms with van der Waals surface area (Å²) in [6.45, 7) is 0.673. The summed E-state index contributed by atoms with van der Waals surface area (Å²) >= 11 is 6.15. The Kier molecular flexibility index (Phi) is 6.35. The van der Waals surface area contributed by atoms with Crippen molar-refractivity contribution in [3.63, 3.8) is 0 Å². The number of rotatable bonds is 7. The highest BCUT2D eigenvalue weighted by atomic mass is 35.5. The van der Waals surface area contributed by atoms with Crippen molar-refractivity contribution in [2.75, 3.05) is 19.4 Å². The third-order valence-electron chi connectivity index (χ3n) is 5.03. The first-order valence-corrected chi connectivity index (χ1v) is 10.6. The van der Waals surface area contributed by atoms with Crippen molar-refractivity contribution in [3.05, 3.63) is 94.8 Å². The van der Waals surface area contributed by atoms with Crippen LogP contribution in [-0.4, -0.2) is 40.2 Å². The molecule has 1 heterocycles. The van der Waals surface area contributed by atoms with E-state index in [9.17, 15) is 9.59 Å². The zero-order valence-electron chi connectivity index (χ0n) is 17.9. The van der Waals surface area contributed by atoms with Crippen molar-refractivity contribution in [2.45, 2.75) is 13.1 Å². The minimum Gasteiger partial charge on any atom is -0.324 e. The van der Waals surface area contributed by atoms with E-state index < -0.39 is 0 Å². The van der Waals surface area contributed by atoms with Crippen LogP contribution in [0.3, 0.4) is 0 Å². The lowest BCUT2D eigenvalue weighted by Gasteiger charge is -2.14. The van der Waals surface area contributed by atoms with Gasteiger partial charge in [-0.1, -0.05) is 54.1 Å². The normalized spacial score (nSPS) is 11.1. The lowest BCUT2D eigenvalue weighted by atomic mass is 10.0. The Hall–Kier alpha value is -3.48. The van der Waals surface area contributed by atoms with E-state index in [2.05, 4.69) is 10.3 Å². The number of carbonyl (C=O) groups excluding carboxylic acids is 2. The monoisotopic (exact) mass is 446 g/mol. The number of nitrogens with zero attached hydrogens (tertiary/aromatic N) is 3. The van der Waals surface area contributed by atoms with Crippen molar-refractivity contribution in [2.24, 2.45) is 0 Å². The Morgan fingerprint density at radius 3 is 2.47 bits per heavy atom. The molecule has 1 N–H and O–H groups in total. The van der Waals surface area contributed by atoms with Gasteiger partial charge in [0.05, 0.1) is 23.3 Å². The number of nitrogens with one attached hydrogen (secondary N) is 1. The molecule has 0 aliphatic heterocycles. The maximum atomic E-state index is 13.0. The Labute approximate surface area is 191 Å². The van der Waals surface area contributed by atoms with Gasteiger partial charge in [-0.2, -0.15) is 0 Å². The van der Waals surface area contributed by atoms with Gasteiger partial charge in [0.2, 0.25) is 5.91 Å². The lowest BCUT2D eigenvalue weighted by molar-refractivity contribution is -0.116. The Morgan fingerprint density at radius 2 is 1.72 bits per heavy atom. The summed E-state index contributed by atoms with van der Waals surface area (Å²) in [5, 5.41) is 3.32. The maximum absolute atomic E-state index is 13.0. The zero-order valence-corrected chi connectivity index (χ0v) is 18.6. The van der Waals surface area contributed by atoms with Gasteiger partial charge >= 0.3 is 0 Å². The molecule has 0 fully saturated rings. The molecule has 0 bridgehead atoms. The standard InChI is InChI=1S/C25H23ClN4O2/c1-29(2)15-23-27-21-10-6-7-11-22(21)30(23)16-24(31)28-20-13-12-18(26)14-19(20)25(32)17-8-4-3-5-9-17/h3-14H,15-16H2,1-2H3,(H,28,31). The van der Waals surface area contributed by atoms with Crippen molar-refractivity contribution in [1.82, 2.24) is 14.5 Å². The molecule has 0 aliphatic carbocycles. The van der Waals surface area contributed by atoms with Gasteiger partial charge in [0.25, 0.3) is 0 Å². The average molecular weight is 447 g/mol. The smallest absolute Gasteiger partial charge is 0.244 e. The second kappa shape index (κ2) is 9.34. The fourth-order valence-electron chi connectivity index (χ4n) is 3.60. The van der Waals surface area contributed by atoms with E-state index in [0.717, 1.165) is 16.9 Å². The number of hydrogen-bond donors (Lipinski definition) is 1. The third-order valence-corrected chi connectivity index (χ3v) is 5.26. The molecule has 6 nitrogen and oxygen atoms in total. The summed E-state index contributed by atoms with van der Waals surface area (Å²) in [6, 6.07) is 21.5. The minimum atomic E-state index is -0.252. The first-order chi connectivity index (χ1) is 15.4. The number of anilines is 1. The summed E-state index contributed by atoms with van der Waals surface area (Å²) in [5.74, 6) is 0.338. The number of carbonyl (C=O) groups is 2. The first-order valence-electron chi connectivity index (χ1n) is 10.2. The molecule has 0 spiro atoms. The zero-order chi connectivity index (χ0) is 22.7. The van der Waals surface area contributed by atoms with Gasteiger partial charge in [0.15, 0.2) is 5.78 Å². The summed E-state index contributed by atoms with van der Waals surface area (Å²) in [4.78, 5) is 32.8. The number of halogens is 1. The van der Waals surface area contributed by atoms with Crippen molar-refractivity contribution >= 4 is 40.0 Å². The molecule has 7 heteroatoms. The third kappa shape index (κ3) is 4.72. The molecule has 4 aromatic rings. The van der Waals surface area contributed by atoms with Crippen LogP contribution in [0.2, 0.25) is 5.02 Å². The second-order valence-corrected chi connectivity index (χ2v) is 8.21. The number of hydrogen-bond acceptors (Lipinski definition) is 4. The number of para-hydroxylation sites is 2. The van der Waals surface area contributed by atoms with Gasteiger partial charge in [-0.05, 0) is 44.4 Å². The highest BCUT2D eigenvalue weighted by Crippen LogP contribution is 2.24. The van der Waals surface area contributed by atoms with Gasteiger partial charge < -0.3 is 14.8 Å². The van der Waals surface area contributed by atoms with Crippen molar-refractivity contribution in [3.8, 4) is 0 Å². The van der Waals surface area contributed by atoms with Crippen LogP contribution in [0.25, 0.3) is 11.0 Å². The van der Waals surface area contributed by atoms with Gasteiger partial charge in [-0.15, -0.1) is 0 Å². The minimum absolute atomic E-state index is 0.0747. The van der Waals surface area contributed by atoms with Crippen LogP contribution < -0.4 is 5.32 Å². The van der Waals surface area contributed by atoms with Crippen molar-refractivity contribution < 1.29 is 9.59 Å². The molecule has 1 aromatic heterocycles. The van der Waals surface area contributed by atoms with Gasteiger partial charge in [-0.25, -0.2) is 4.98 Å². The van der Waals surface area contributed by atoms with E-state index in [1.807, 2.05) is 53.9 Å². The van der Waals surface area contributed by atoms with Crippen LogP contribution in [0.1, 0.15) is 21.7 Å². The fraction of sp³-hybridized carbons (Fsp3) is 0.160. The van der Waals surface area contributed by atoms with Gasteiger partial charge in [-0.3, -0.25) is 9.59 Å². The number of amides is 1. The summed E-state index contributed by atoms with van der Waals surface area (Å²) in [5.41, 5.74) is 3.02. The molecule has 0 unspecified atom stereocenters. The van der Waals surface area contributed by atoms with E-state index in [-0.39, 0.29) is 18.2 Å². The van der Waals surface area contributed by atoms with Crippen LogP contribution in [0.15, 0.2) is 72.8 Å². The Bertz CT molecular complexity index is 1280. The van der Waals surface area contributed by atoms with Gasteiger partial charge in [0, 0.05) is 16.1 Å². The molecule has 1 amide bonds. The maximum Gasteiger partial charge on any atom is 0.244 e. The Balaban J connectivity index is 1.63. The van der Waals surface area contributed by atoms with E-state index in [4.69, 9.17) is 11.6 Å². The molecular formula is C25H23ClN4O2. The lowest BCUT2D eigenvalue weighted by Crippen LogP contribution is -2.23. The first kappa shape index (κ1) is 21.7. The van der Waals surface area contributed by atoms with Crippen LogP contribution in [0, 0.1) is 0 Å². The highest BCUT2D eigenvalue weighted by molar-refractivity contribution is 6.31. The molecule has 3 aromatic carbocycles. The molecular weight excluding hydrogens is 424 g/mol. The molecule has 162 valence electrons. The fourth-order valence-corrected chi connectivity index (χ4v) is 3.77. The van der Waals surface area contributed by atoms with Gasteiger partial charge in [0.1, 0.15) is 12.4 Å². The molecule has 4 rings (SSSR count). The largest absolute Gasteiger partial charge is 0.324 e. The quantitative estimate of drug-likeness (QED) is 0.420. The number of imidazole rings is 1. The SMILES string of the molecule is CN(C)Cc1nc2ccccc2n1CC(=O)Nc1ccc(Cl)cc1C(=O)c1ccccc1. The van der Waals surface area contributed by atoms with Crippen LogP contribution in [-0.2, 0) is 17.9 Å². The predicted molar refractivity (Wildman–Crippen MR) is 127 cm³/mol. The summed E-state index contributed by atoms with van der Waals surface area (Å²) < 4.78 is 1.90. The van der Waals surface area contributed by atoms with Crippen LogP contribution in [0.4, 0.5) is 5.69 Å². The summed E-state index contributed by atoms with van der Waals surface area (Å²) in [7, 11) is 3.91.